The average Bonchev–Trinajstić information content (AvgIpc) is 2.45. The molecular weight excluding hydrogens is 244 g/mol. The average molecular weight is 274 g/mol. The van der Waals surface area contributed by atoms with Gasteiger partial charge in [-0.25, -0.2) is 0 Å². The minimum Gasteiger partial charge on any atom is -0.495 e. The van der Waals surface area contributed by atoms with E-state index in [1.54, 1.807) is 0 Å². The SMILES string of the molecule is CCC(C)(CCCC(C)C)OC=C(C)c1ccccc1. The fraction of sp³-hybridized carbons (Fsp3) is 0.579. The third-order valence-electron chi connectivity index (χ3n) is 3.98. The van der Waals surface area contributed by atoms with Crippen LogP contribution in [-0.4, -0.2) is 5.60 Å². The van der Waals surface area contributed by atoms with Gasteiger partial charge in [-0.05, 0) is 50.2 Å². The first-order chi connectivity index (χ1) is 9.47. The summed E-state index contributed by atoms with van der Waals surface area (Å²) in [4.78, 5) is 0. The van der Waals surface area contributed by atoms with Crippen LogP contribution in [0.2, 0.25) is 0 Å². The molecule has 0 aliphatic carbocycles. The van der Waals surface area contributed by atoms with Gasteiger partial charge in [0.25, 0.3) is 0 Å². The maximum atomic E-state index is 6.11. The summed E-state index contributed by atoms with van der Waals surface area (Å²) in [6, 6.07) is 10.4. The molecule has 112 valence electrons. The van der Waals surface area contributed by atoms with Crippen molar-refractivity contribution in [1.82, 2.24) is 0 Å². The van der Waals surface area contributed by atoms with E-state index in [1.165, 1.54) is 24.0 Å². The smallest absolute Gasteiger partial charge is 0.105 e. The lowest BCUT2D eigenvalue weighted by Gasteiger charge is -2.28. The summed E-state index contributed by atoms with van der Waals surface area (Å²) in [5, 5.41) is 0. The van der Waals surface area contributed by atoms with Gasteiger partial charge in [-0.2, -0.15) is 0 Å². The van der Waals surface area contributed by atoms with Crippen molar-refractivity contribution in [3.8, 4) is 0 Å². The molecule has 0 fully saturated rings. The largest absolute Gasteiger partial charge is 0.495 e. The van der Waals surface area contributed by atoms with Gasteiger partial charge in [0.05, 0.1) is 6.26 Å². The van der Waals surface area contributed by atoms with E-state index < -0.39 is 0 Å². The Morgan fingerprint density at radius 1 is 1.25 bits per heavy atom. The van der Waals surface area contributed by atoms with Gasteiger partial charge in [0.2, 0.25) is 0 Å². The van der Waals surface area contributed by atoms with Gasteiger partial charge in [-0.1, -0.05) is 57.5 Å². The van der Waals surface area contributed by atoms with Crippen LogP contribution < -0.4 is 0 Å². The summed E-state index contributed by atoms with van der Waals surface area (Å²) in [6.07, 6.45) is 6.62. The summed E-state index contributed by atoms with van der Waals surface area (Å²) in [5.74, 6) is 0.776. The van der Waals surface area contributed by atoms with Crippen LogP contribution in [0.5, 0.6) is 0 Å². The molecule has 0 saturated carbocycles. The van der Waals surface area contributed by atoms with Crippen molar-refractivity contribution >= 4 is 5.57 Å². The summed E-state index contributed by atoms with van der Waals surface area (Å²) in [5.41, 5.74) is 2.38. The predicted octanol–water partition coefficient (Wildman–Crippen LogP) is 6.06. The van der Waals surface area contributed by atoms with E-state index in [1.807, 2.05) is 12.3 Å². The van der Waals surface area contributed by atoms with Gasteiger partial charge in [0.1, 0.15) is 5.60 Å². The first kappa shape index (κ1) is 16.8. The van der Waals surface area contributed by atoms with Gasteiger partial charge in [0.15, 0.2) is 0 Å². The van der Waals surface area contributed by atoms with Crippen molar-refractivity contribution in [2.45, 2.75) is 65.9 Å². The highest BCUT2D eigenvalue weighted by molar-refractivity contribution is 5.62. The minimum atomic E-state index is -0.0368. The number of ether oxygens (including phenoxy) is 1. The molecule has 1 unspecified atom stereocenters. The van der Waals surface area contributed by atoms with Gasteiger partial charge in [-0.3, -0.25) is 0 Å². The first-order valence-corrected chi connectivity index (χ1v) is 7.87. The van der Waals surface area contributed by atoms with Gasteiger partial charge in [-0.15, -0.1) is 0 Å². The van der Waals surface area contributed by atoms with Gasteiger partial charge < -0.3 is 4.74 Å². The lowest BCUT2D eigenvalue weighted by molar-refractivity contribution is 0.0254. The number of benzene rings is 1. The zero-order chi connectivity index (χ0) is 15.0. The molecular formula is C19H30O. The van der Waals surface area contributed by atoms with E-state index in [2.05, 4.69) is 58.9 Å². The molecule has 0 aliphatic heterocycles. The molecule has 0 bridgehead atoms. The highest BCUT2D eigenvalue weighted by Gasteiger charge is 2.22. The predicted molar refractivity (Wildman–Crippen MR) is 88.6 cm³/mol. The Morgan fingerprint density at radius 3 is 2.45 bits per heavy atom. The van der Waals surface area contributed by atoms with Crippen LogP contribution in [0.15, 0.2) is 36.6 Å². The van der Waals surface area contributed by atoms with E-state index in [0.29, 0.717) is 0 Å². The number of rotatable bonds is 8. The zero-order valence-electron chi connectivity index (χ0n) is 13.8. The van der Waals surface area contributed by atoms with Crippen molar-refractivity contribution in [3.05, 3.63) is 42.2 Å². The third-order valence-corrected chi connectivity index (χ3v) is 3.98. The first-order valence-electron chi connectivity index (χ1n) is 7.87. The zero-order valence-corrected chi connectivity index (χ0v) is 13.8. The molecule has 20 heavy (non-hydrogen) atoms. The number of allylic oxidation sites excluding steroid dienone is 1. The lowest BCUT2D eigenvalue weighted by atomic mass is 9.93. The topological polar surface area (TPSA) is 9.23 Å². The van der Waals surface area contributed by atoms with Crippen molar-refractivity contribution < 1.29 is 4.74 Å². The molecule has 1 atom stereocenters. The van der Waals surface area contributed by atoms with Crippen molar-refractivity contribution in [1.29, 1.82) is 0 Å². The van der Waals surface area contributed by atoms with Crippen molar-refractivity contribution in [3.63, 3.8) is 0 Å². The van der Waals surface area contributed by atoms with E-state index in [0.717, 1.165) is 18.8 Å². The highest BCUT2D eigenvalue weighted by atomic mass is 16.5. The Morgan fingerprint density at radius 2 is 1.90 bits per heavy atom. The van der Waals surface area contributed by atoms with Crippen LogP contribution in [0.1, 0.15) is 65.9 Å². The molecule has 0 amide bonds. The Labute approximate surface area is 125 Å². The number of hydrogen-bond donors (Lipinski definition) is 0. The number of hydrogen-bond acceptors (Lipinski definition) is 1. The molecule has 1 aromatic carbocycles. The highest BCUT2D eigenvalue weighted by Crippen LogP contribution is 2.26. The fourth-order valence-corrected chi connectivity index (χ4v) is 2.20. The van der Waals surface area contributed by atoms with Crippen LogP contribution in [0.4, 0.5) is 0 Å². The van der Waals surface area contributed by atoms with Gasteiger partial charge >= 0.3 is 0 Å². The van der Waals surface area contributed by atoms with Crippen LogP contribution >= 0.6 is 0 Å². The lowest BCUT2D eigenvalue weighted by Crippen LogP contribution is -2.25. The normalized spacial score (nSPS) is 15.2. The Balaban J connectivity index is 2.59. The summed E-state index contributed by atoms with van der Waals surface area (Å²) in [6.45, 7) is 11.1. The Bertz CT molecular complexity index is 405. The minimum absolute atomic E-state index is 0.0368. The monoisotopic (exact) mass is 274 g/mol. The summed E-state index contributed by atoms with van der Waals surface area (Å²) in [7, 11) is 0. The summed E-state index contributed by atoms with van der Waals surface area (Å²) >= 11 is 0. The Hall–Kier alpha value is -1.24. The molecule has 1 nitrogen and oxygen atoms in total. The van der Waals surface area contributed by atoms with E-state index in [9.17, 15) is 0 Å². The maximum Gasteiger partial charge on any atom is 0.105 e. The molecule has 0 radical (unpaired) electrons. The molecule has 0 N–H and O–H groups in total. The molecule has 1 heteroatoms. The molecule has 0 heterocycles. The second kappa shape index (κ2) is 8.14. The van der Waals surface area contributed by atoms with Crippen molar-refractivity contribution in [2.75, 3.05) is 0 Å². The molecule has 0 spiro atoms. The van der Waals surface area contributed by atoms with Crippen LogP contribution in [0.25, 0.3) is 5.57 Å². The fourth-order valence-electron chi connectivity index (χ4n) is 2.20. The maximum absolute atomic E-state index is 6.11. The van der Waals surface area contributed by atoms with Crippen LogP contribution in [0, 0.1) is 5.92 Å². The molecule has 0 aromatic heterocycles. The third kappa shape index (κ3) is 5.81. The van der Waals surface area contributed by atoms with E-state index >= 15 is 0 Å². The second-order valence-electron chi connectivity index (χ2n) is 6.37. The Kier molecular flexibility index (Phi) is 6.84. The molecule has 0 aliphatic rings. The quantitative estimate of drug-likeness (QED) is 0.524. The van der Waals surface area contributed by atoms with Crippen LogP contribution in [-0.2, 0) is 4.74 Å². The molecule has 1 rings (SSSR count). The van der Waals surface area contributed by atoms with Crippen molar-refractivity contribution in [2.24, 2.45) is 5.92 Å². The summed E-state index contributed by atoms with van der Waals surface area (Å²) < 4.78 is 6.11. The second-order valence-corrected chi connectivity index (χ2v) is 6.37. The van der Waals surface area contributed by atoms with Crippen LogP contribution in [0.3, 0.4) is 0 Å². The van der Waals surface area contributed by atoms with E-state index in [4.69, 9.17) is 4.74 Å². The molecule has 0 saturated heterocycles. The standard InChI is InChI=1S/C19H30O/c1-6-19(5,14-10-11-16(2)3)20-15-17(4)18-12-8-7-9-13-18/h7-9,12-13,15-16H,6,10-11,14H2,1-5H3. The van der Waals surface area contributed by atoms with E-state index in [-0.39, 0.29) is 5.60 Å². The molecule has 1 aromatic rings. The van der Waals surface area contributed by atoms with Gasteiger partial charge in [0, 0.05) is 0 Å².